The molecule has 31 heavy (non-hydrogen) atoms. The summed E-state index contributed by atoms with van der Waals surface area (Å²) in [6.07, 6.45) is -14.7. The van der Waals surface area contributed by atoms with Crippen molar-refractivity contribution in [3.63, 3.8) is 0 Å². The van der Waals surface area contributed by atoms with Crippen LogP contribution in [0.2, 0.25) is 0 Å². The van der Waals surface area contributed by atoms with Gasteiger partial charge in [-0.25, -0.2) is 4.79 Å². The van der Waals surface area contributed by atoms with Gasteiger partial charge < -0.3 is 59.9 Å². The zero-order valence-corrected chi connectivity index (χ0v) is 15.9. The fraction of sp³-hybridized carbons (Fsp3) is 0.688. The third kappa shape index (κ3) is 9.43. The van der Waals surface area contributed by atoms with E-state index >= 15 is 0 Å². The molecule has 0 spiro atoms. The fourth-order valence-electron chi connectivity index (χ4n) is 1.96. The lowest BCUT2D eigenvalue weighted by molar-refractivity contribution is -0.176. The van der Waals surface area contributed by atoms with Crippen LogP contribution in [0.4, 0.5) is 0 Å². The van der Waals surface area contributed by atoms with Crippen molar-refractivity contribution >= 4 is 30.5 Å². The van der Waals surface area contributed by atoms with Crippen molar-refractivity contribution in [2.24, 2.45) is 0 Å². The molecule has 0 aromatic heterocycles. The third-order valence-electron chi connectivity index (χ3n) is 3.87. The van der Waals surface area contributed by atoms with Crippen molar-refractivity contribution < 1.29 is 74.3 Å². The Hall–Kier alpha value is -2.53. The van der Waals surface area contributed by atoms with Gasteiger partial charge in [-0.15, -0.1) is 0 Å². The molecule has 15 nitrogen and oxygen atoms in total. The number of esters is 2. The molecule has 0 fully saturated rings. The second-order valence-corrected chi connectivity index (χ2v) is 6.43. The van der Waals surface area contributed by atoms with Gasteiger partial charge in [-0.2, -0.15) is 0 Å². The van der Waals surface area contributed by atoms with E-state index in [1.54, 1.807) is 0 Å². The number of carboxylic acid groups (broad SMARTS) is 1. The van der Waals surface area contributed by atoms with Gasteiger partial charge in [-0.3, -0.25) is 9.59 Å². The van der Waals surface area contributed by atoms with E-state index in [-0.39, 0.29) is 12.6 Å². The average molecular weight is 456 g/mol. The lowest BCUT2D eigenvalue weighted by atomic mass is 9.96. The highest BCUT2D eigenvalue weighted by Gasteiger charge is 2.42. The van der Waals surface area contributed by atoms with E-state index < -0.39 is 86.2 Å². The molecule has 15 heteroatoms. The first kappa shape index (κ1) is 28.5. The number of aldehydes is 2. The number of aliphatic carboxylic acids is 1. The molecule has 0 radical (unpaired) electrons. The maximum absolute atomic E-state index is 11.7. The van der Waals surface area contributed by atoms with Gasteiger partial charge in [-0.1, -0.05) is 0 Å². The quantitative estimate of drug-likeness (QED) is 0.0842. The van der Waals surface area contributed by atoms with Crippen LogP contribution in [0.1, 0.15) is 12.8 Å². The maximum Gasteiger partial charge on any atom is 0.336 e. The standard InChI is InChI=1S/C16H24O15/c17-3-7(19)13(25)9(21)5-30-11(23)1-16(29,15(27)28)2-12(24)31-6-10(22)14(26)8(20)4-18/h3-4,7-10,13-14,19-22,25-26,29H,1-2,5-6H2,(H,27,28)/t7-,8-,9+,10+,13+,14+/m0/s1. The minimum atomic E-state index is -3.05. The van der Waals surface area contributed by atoms with Crippen molar-refractivity contribution in [3.8, 4) is 0 Å². The second kappa shape index (κ2) is 13.0. The normalized spacial score (nSPS) is 17.4. The molecule has 178 valence electrons. The maximum atomic E-state index is 11.7. The van der Waals surface area contributed by atoms with Crippen LogP contribution in [0.15, 0.2) is 0 Å². The molecule has 0 heterocycles. The van der Waals surface area contributed by atoms with Crippen molar-refractivity contribution in [3.05, 3.63) is 0 Å². The first-order valence-electron chi connectivity index (χ1n) is 8.55. The Morgan fingerprint density at radius 3 is 1.32 bits per heavy atom. The Morgan fingerprint density at radius 1 is 0.742 bits per heavy atom. The van der Waals surface area contributed by atoms with Gasteiger partial charge in [0.15, 0.2) is 18.2 Å². The lowest BCUT2D eigenvalue weighted by Crippen LogP contribution is -2.45. The number of aliphatic hydroxyl groups is 7. The predicted octanol–water partition coefficient (Wildman–Crippen LogP) is -5.77. The summed E-state index contributed by atoms with van der Waals surface area (Å²) in [4.78, 5) is 55.3. The molecule has 0 rings (SSSR count). The molecular formula is C16H24O15. The Bertz CT molecular complexity index is 591. The number of carboxylic acids is 1. The molecule has 0 aromatic carbocycles. The van der Waals surface area contributed by atoms with Gasteiger partial charge in [0.05, 0.1) is 12.8 Å². The monoisotopic (exact) mass is 456 g/mol. The van der Waals surface area contributed by atoms with E-state index in [1.807, 2.05) is 0 Å². The molecule has 0 saturated heterocycles. The van der Waals surface area contributed by atoms with Gasteiger partial charge >= 0.3 is 17.9 Å². The van der Waals surface area contributed by atoms with E-state index in [0.717, 1.165) is 0 Å². The summed E-state index contributed by atoms with van der Waals surface area (Å²) in [7, 11) is 0. The first-order chi connectivity index (χ1) is 14.3. The molecule has 6 atom stereocenters. The fourth-order valence-corrected chi connectivity index (χ4v) is 1.96. The van der Waals surface area contributed by atoms with Crippen LogP contribution in [0, 0.1) is 0 Å². The smallest absolute Gasteiger partial charge is 0.336 e. The van der Waals surface area contributed by atoms with Crippen molar-refractivity contribution in [2.45, 2.75) is 55.1 Å². The number of carbonyl (C=O) groups is 5. The van der Waals surface area contributed by atoms with Gasteiger partial charge in [-0.05, 0) is 0 Å². The van der Waals surface area contributed by atoms with Gasteiger partial charge in [0, 0.05) is 0 Å². The number of rotatable bonds is 15. The minimum Gasteiger partial charge on any atom is -0.479 e. The zero-order chi connectivity index (χ0) is 24.4. The number of hydrogen-bond donors (Lipinski definition) is 8. The summed E-state index contributed by atoms with van der Waals surface area (Å²) < 4.78 is 8.86. The number of carbonyl (C=O) groups excluding carboxylic acids is 4. The predicted molar refractivity (Wildman–Crippen MR) is 91.9 cm³/mol. The van der Waals surface area contributed by atoms with Crippen molar-refractivity contribution in [1.82, 2.24) is 0 Å². The van der Waals surface area contributed by atoms with Crippen LogP contribution in [0.5, 0.6) is 0 Å². The highest BCUT2D eigenvalue weighted by atomic mass is 16.6. The topological polar surface area (TPSA) is 266 Å². The molecular weight excluding hydrogens is 432 g/mol. The largest absolute Gasteiger partial charge is 0.479 e. The van der Waals surface area contributed by atoms with Gasteiger partial charge in [0.25, 0.3) is 0 Å². The average Bonchev–Trinajstić information content (AvgIpc) is 2.72. The van der Waals surface area contributed by atoms with Gasteiger partial charge in [0.2, 0.25) is 0 Å². The van der Waals surface area contributed by atoms with Crippen LogP contribution in [0.25, 0.3) is 0 Å². The Balaban J connectivity index is 4.80. The van der Waals surface area contributed by atoms with Crippen LogP contribution < -0.4 is 0 Å². The molecule has 0 aliphatic rings. The van der Waals surface area contributed by atoms with Crippen molar-refractivity contribution in [1.29, 1.82) is 0 Å². The number of aliphatic hydroxyl groups excluding tert-OH is 6. The first-order valence-corrected chi connectivity index (χ1v) is 8.55. The molecule has 0 aliphatic heterocycles. The van der Waals surface area contributed by atoms with Crippen LogP contribution in [-0.4, -0.2) is 127 Å². The zero-order valence-electron chi connectivity index (χ0n) is 15.9. The summed E-state index contributed by atoms with van der Waals surface area (Å²) in [5, 5.41) is 74.8. The van der Waals surface area contributed by atoms with Crippen LogP contribution in [-0.2, 0) is 33.4 Å². The molecule has 0 aromatic rings. The third-order valence-corrected chi connectivity index (χ3v) is 3.87. The Kier molecular flexibility index (Phi) is 11.9. The van der Waals surface area contributed by atoms with E-state index in [2.05, 4.69) is 9.47 Å². The molecule has 0 amide bonds. The van der Waals surface area contributed by atoms with Crippen LogP contribution in [0.3, 0.4) is 0 Å². The van der Waals surface area contributed by atoms with E-state index in [4.69, 9.17) is 15.3 Å². The van der Waals surface area contributed by atoms with E-state index in [9.17, 15) is 49.5 Å². The second-order valence-electron chi connectivity index (χ2n) is 6.43. The Labute approximate surface area is 174 Å². The number of hydrogen-bond acceptors (Lipinski definition) is 14. The summed E-state index contributed by atoms with van der Waals surface area (Å²) in [6.45, 7) is -1.98. The molecule has 0 aliphatic carbocycles. The Morgan fingerprint density at radius 2 is 1.06 bits per heavy atom. The molecule has 0 unspecified atom stereocenters. The summed E-state index contributed by atoms with van der Waals surface area (Å²) in [5.74, 6) is -4.95. The summed E-state index contributed by atoms with van der Waals surface area (Å²) in [6, 6.07) is 0. The summed E-state index contributed by atoms with van der Waals surface area (Å²) >= 11 is 0. The lowest BCUT2D eigenvalue weighted by Gasteiger charge is -2.24. The molecule has 0 bridgehead atoms. The van der Waals surface area contributed by atoms with Crippen molar-refractivity contribution in [2.75, 3.05) is 13.2 Å². The van der Waals surface area contributed by atoms with E-state index in [1.165, 1.54) is 0 Å². The molecule has 8 N–H and O–H groups in total. The van der Waals surface area contributed by atoms with E-state index in [0.29, 0.717) is 0 Å². The minimum absolute atomic E-state index is 0.0971. The SMILES string of the molecule is O=C[C@H](O)[C@@H](O)[C@H](O)COC(=O)CC(O)(CC(=O)OC[C@@H](O)[C@H](O)[C@@H](O)C=O)C(=O)O. The highest BCUT2D eigenvalue weighted by Crippen LogP contribution is 2.18. The van der Waals surface area contributed by atoms with Crippen LogP contribution >= 0.6 is 0 Å². The summed E-state index contributed by atoms with van der Waals surface area (Å²) in [5.41, 5.74) is -3.05. The van der Waals surface area contributed by atoms with Gasteiger partial charge in [0.1, 0.15) is 49.8 Å². The number of ether oxygens (including phenoxy) is 2. The molecule has 0 saturated carbocycles. The highest BCUT2D eigenvalue weighted by molar-refractivity contribution is 5.89.